The summed E-state index contributed by atoms with van der Waals surface area (Å²) in [5, 5.41) is 9.17. The van der Waals surface area contributed by atoms with E-state index < -0.39 is 51.9 Å². The Balaban J connectivity index is 2.40. The highest BCUT2D eigenvalue weighted by Crippen LogP contribution is 2.44. The van der Waals surface area contributed by atoms with Crippen molar-refractivity contribution >= 4 is 19.6 Å². The van der Waals surface area contributed by atoms with Crippen molar-refractivity contribution in [2.45, 2.75) is 24.7 Å². The number of carbonyl (C=O) groups is 1. The lowest BCUT2D eigenvalue weighted by Crippen LogP contribution is -2.39. The fourth-order valence-electron chi connectivity index (χ4n) is 1.77. The van der Waals surface area contributed by atoms with Gasteiger partial charge in [0, 0.05) is 19.7 Å². The molecule has 26 heavy (non-hydrogen) atoms. The molecule has 5 N–H and O–H groups in total. The first-order chi connectivity index (χ1) is 12.1. The molecule has 1 aliphatic rings. The van der Waals surface area contributed by atoms with Crippen LogP contribution in [0.15, 0.2) is 12.3 Å². The summed E-state index contributed by atoms with van der Waals surface area (Å²) in [7, 11) is -3.39. The summed E-state index contributed by atoms with van der Waals surface area (Å²) >= 11 is 0. The summed E-state index contributed by atoms with van der Waals surface area (Å²) in [6, 6.07) is 0. The fourth-order valence-corrected chi connectivity index (χ4v) is 2.38. The fraction of sp³-hybridized carbons (Fsp3) is 0.667. The van der Waals surface area contributed by atoms with Crippen molar-refractivity contribution in [1.29, 1.82) is 5.41 Å². The number of esters is 1. The molecule has 150 valence electrons. The van der Waals surface area contributed by atoms with Gasteiger partial charge in [0.2, 0.25) is 6.79 Å². The first-order valence-corrected chi connectivity index (χ1v) is 8.61. The van der Waals surface area contributed by atoms with Gasteiger partial charge in [0.05, 0.1) is 12.7 Å². The Morgan fingerprint density at radius 1 is 1.54 bits per heavy atom. The van der Waals surface area contributed by atoms with Crippen molar-refractivity contribution in [3.8, 4) is 0 Å². The van der Waals surface area contributed by atoms with Crippen molar-refractivity contribution in [3.63, 3.8) is 0 Å². The average Bonchev–Trinajstić information content (AvgIpc) is 2.79. The number of hydrogen-bond acceptors (Lipinski definition) is 9. The summed E-state index contributed by atoms with van der Waals surface area (Å²) < 4.78 is 61.9. The second kappa shape index (κ2) is 9.90. The number of carbonyl (C=O) groups excluding carboxylic acids is 1. The number of amidine groups is 1. The molecule has 0 amide bonds. The van der Waals surface area contributed by atoms with Crippen molar-refractivity contribution in [1.82, 2.24) is 5.32 Å². The molecule has 1 fully saturated rings. The summed E-state index contributed by atoms with van der Waals surface area (Å²) in [5.74, 6) is -4.47. The summed E-state index contributed by atoms with van der Waals surface area (Å²) in [6.45, 7) is -1.92. The molecule has 0 spiro atoms. The van der Waals surface area contributed by atoms with Crippen LogP contribution in [0.1, 0.15) is 6.42 Å². The molecule has 11 nitrogen and oxygen atoms in total. The summed E-state index contributed by atoms with van der Waals surface area (Å²) in [5.41, 5.74) is 5.04. The number of phosphoric acid groups is 1. The molecule has 1 heterocycles. The van der Waals surface area contributed by atoms with Crippen LogP contribution in [0.5, 0.6) is 0 Å². The van der Waals surface area contributed by atoms with Gasteiger partial charge in [-0.05, 0) is 6.08 Å². The van der Waals surface area contributed by atoms with Crippen molar-refractivity contribution in [2.24, 2.45) is 5.73 Å². The second-order valence-electron chi connectivity index (χ2n) is 5.02. The maximum Gasteiger partial charge on any atom is 0.475 e. The normalized spacial score (nSPS) is 24.3. The standard InChI is InChI=1S/C12H20F2N3O8P/c1-21-6-10(18)22-7-24-26(19,20)23-5-8-4-12(13,14)11(25-8)17-3-2-9(15)16/h2-3,8,11,17H,4-7H2,1H3,(H3,15,16)(H,19,20)/b3-2-/t8-,11+/m0/s1. The van der Waals surface area contributed by atoms with Gasteiger partial charge in [0.1, 0.15) is 12.4 Å². The second-order valence-corrected chi connectivity index (χ2v) is 6.47. The molecule has 1 rings (SSSR count). The van der Waals surface area contributed by atoms with Gasteiger partial charge >= 0.3 is 13.8 Å². The molecule has 0 saturated carbocycles. The maximum atomic E-state index is 13.8. The van der Waals surface area contributed by atoms with Crippen LogP contribution in [0.2, 0.25) is 0 Å². The lowest BCUT2D eigenvalue weighted by molar-refractivity contribution is -0.155. The van der Waals surface area contributed by atoms with Gasteiger partial charge in [0.15, 0.2) is 6.23 Å². The van der Waals surface area contributed by atoms with E-state index in [9.17, 15) is 23.0 Å². The van der Waals surface area contributed by atoms with Gasteiger partial charge in [-0.25, -0.2) is 22.7 Å². The number of nitrogens with one attached hydrogen (secondary N) is 2. The van der Waals surface area contributed by atoms with Gasteiger partial charge in [0.25, 0.3) is 5.92 Å². The van der Waals surface area contributed by atoms with E-state index in [0.717, 1.165) is 12.3 Å². The largest absolute Gasteiger partial charge is 0.475 e. The van der Waals surface area contributed by atoms with Gasteiger partial charge in [-0.15, -0.1) is 0 Å². The average molecular weight is 403 g/mol. The zero-order chi connectivity index (χ0) is 19.8. The molecule has 3 atom stereocenters. The minimum absolute atomic E-state index is 0.344. The van der Waals surface area contributed by atoms with Crippen LogP contribution in [0.4, 0.5) is 8.78 Å². The van der Waals surface area contributed by atoms with Crippen LogP contribution < -0.4 is 11.1 Å². The molecule has 0 radical (unpaired) electrons. The van der Waals surface area contributed by atoms with Gasteiger partial charge < -0.3 is 30.2 Å². The van der Waals surface area contributed by atoms with Crippen LogP contribution in [-0.4, -0.2) is 62.1 Å². The SMILES string of the molecule is COCC(=O)OCOP(=O)(O)OC[C@@H]1CC(F)(F)[C@H](N/C=C\C(=N)N)O1. The lowest BCUT2D eigenvalue weighted by Gasteiger charge is -2.17. The van der Waals surface area contributed by atoms with Crippen molar-refractivity contribution in [3.05, 3.63) is 12.3 Å². The van der Waals surface area contributed by atoms with Crippen LogP contribution in [0.25, 0.3) is 0 Å². The zero-order valence-electron chi connectivity index (χ0n) is 13.7. The van der Waals surface area contributed by atoms with E-state index in [-0.39, 0.29) is 12.4 Å². The number of alkyl halides is 2. The van der Waals surface area contributed by atoms with Crippen LogP contribution >= 0.6 is 7.82 Å². The molecule has 0 aromatic heterocycles. The highest BCUT2D eigenvalue weighted by molar-refractivity contribution is 7.47. The third kappa shape index (κ3) is 8.17. The van der Waals surface area contributed by atoms with E-state index in [2.05, 4.69) is 23.8 Å². The maximum absolute atomic E-state index is 13.8. The Labute approximate surface area is 147 Å². The molecule has 1 saturated heterocycles. The quantitative estimate of drug-likeness (QED) is 0.122. The highest BCUT2D eigenvalue weighted by atomic mass is 31.2. The molecule has 0 aromatic rings. The molecular weight excluding hydrogens is 383 g/mol. The Hall–Kier alpha value is -1.63. The van der Waals surface area contributed by atoms with E-state index in [0.29, 0.717) is 0 Å². The van der Waals surface area contributed by atoms with Gasteiger partial charge in [-0.2, -0.15) is 0 Å². The van der Waals surface area contributed by atoms with E-state index in [4.69, 9.17) is 15.9 Å². The first kappa shape index (κ1) is 22.4. The first-order valence-electron chi connectivity index (χ1n) is 7.12. The summed E-state index contributed by atoms with van der Waals surface area (Å²) in [6.07, 6.45) is -1.63. The zero-order valence-corrected chi connectivity index (χ0v) is 14.6. The predicted octanol–water partition coefficient (Wildman–Crippen LogP) is 0.0567. The molecular formula is C12H20F2N3O8P. The van der Waals surface area contributed by atoms with E-state index in [1.165, 1.54) is 7.11 Å². The monoisotopic (exact) mass is 403 g/mol. The number of halogens is 2. The number of rotatable bonds is 11. The smallest absolute Gasteiger partial charge is 0.436 e. The van der Waals surface area contributed by atoms with Crippen molar-refractivity contribution in [2.75, 3.05) is 27.1 Å². The molecule has 0 aliphatic carbocycles. The number of methoxy groups -OCH3 is 1. The predicted molar refractivity (Wildman–Crippen MR) is 82.1 cm³/mol. The molecule has 0 bridgehead atoms. The van der Waals surface area contributed by atoms with E-state index in [1.54, 1.807) is 0 Å². The number of phosphoric ester groups is 1. The van der Waals surface area contributed by atoms with Crippen LogP contribution in [-0.2, 0) is 32.6 Å². The summed E-state index contributed by atoms with van der Waals surface area (Å²) in [4.78, 5) is 20.4. The van der Waals surface area contributed by atoms with E-state index >= 15 is 0 Å². The van der Waals surface area contributed by atoms with Gasteiger partial charge in [-0.3, -0.25) is 9.93 Å². The Morgan fingerprint density at radius 2 is 2.23 bits per heavy atom. The molecule has 1 unspecified atom stereocenters. The molecule has 0 aromatic carbocycles. The minimum Gasteiger partial charge on any atom is -0.436 e. The minimum atomic E-state index is -4.64. The van der Waals surface area contributed by atoms with Crippen molar-refractivity contribution < 1.29 is 46.3 Å². The third-order valence-electron chi connectivity index (χ3n) is 2.84. The van der Waals surface area contributed by atoms with Crippen LogP contribution in [0, 0.1) is 5.41 Å². The van der Waals surface area contributed by atoms with Crippen LogP contribution in [0.3, 0.4) is 0 Å². The topological polar surface area (TPSA) is 162 Å². The Bertz CT molecular complexity index is 577. The molecule has 1 aliphatic heterocycles. The Morgan fingerprint density at radius 3 is 2.85 bits per heavy atom. The highest BCUT2D eigenvalue weighted by Gasteiger charge is 2.50. The number of nitrogens with two attached hydrogens (primary N) is 1. The molecule has 14 heteroatoms. The Kier molecular flexibility index (Phi) is 8.53. The van der Waals surface area contributed by atoms with Gasteiger partial charge in [-0.1, -0.05) is 0 Å². The van der Waals surface area contributed by atoms with E-state index in [1.807, 2.05) is 0 Å². The number of ether oxygens (including phenoxy) is 3. The lowest BCUT2D eigenvalue weighted by atomic mass is 10.2. The number of hydrogen-bond donors (Lipinski definition) is 4. The third-order valence-corrected chi connectivity index (χ3v) is 3.75.